The van der Waals surface area contributed by atoms with Crippen molar-refractivity contribution in [3.05, 3.63) is 35.9 Å². The van der Waals surface area contributed by atoms with Gasteiger partial charge in [-0.05, 0) is 18.4 Å². The Balaban J connectivity index is 2.43. The Labute approximate surface area is 108 Å². The third-order valence-electron chi connectivity index (χ3n) is 2.55. The molecule has 1 aromatic carbocycles. The minimum atomic E-state index is -0.501. The van der Waals surface area contributed by atoms with Gasteiger partial charge in [-0.3, -0.25) is 4.79 Å². The fraction of sp³-hybridized carbons (Fsp3) is 0.429. The molecule has 98 valence electrons. The van der Waals surface area contributed by atoms with Crippen LogP contribution in [0.1, 0.15) is 38.2 Å². The molecule has 0 saturated carbocycles. The number of hydrogen-bond acceptors (Lipinski definition) is 3. The van der Waals surface area contributed by atoms with Gasteiger partial charge in [0.15, 0.2) is 0 Å². The highest BCUT2D eigenvalue weighted by Crippen LogP contribution is 2.04. The van der Waals surface area contributed by atoms with Crippen LogP contribution in [0.3, 0.4) is 0 Å². The van der Waals surface area contributed by atoms with Crippen LogP contribution in [0.4, 0.5) is 0 Å². The molecule has 1 aromatic rings. The standard InChI is InChI=1S/C14H20N2O2/c1-2-3-5-10-13(14(15)17)16-18-11-12-8-6-4-7-9-12/h4,6-9H,2-3,5,10-11H2,1H3,(H2,15,17)/b16-13-. The molecule has 0 unspecified atom stereocenters. The van der Waals surface area contributed by atoms with Gasteiger partial charge in [-0.25, -0.2) is 0 Å². The number of nitrogens with two attached hydrogens (primary N) is 1. The Bertz CT molecular complexity index is 388. The third kappa shape index (κ3) is 5.48. The maximum absolute atomic E-state index is 11.1. The summed E-state index contributed by atoms with van der Waals surface area (Å²) in [6, 6.07) is 9.68. The number of carbonyl (C=O) groups is 1. The molecule has 0 spiro atoms. The minimum Gasteiger partial charge on any atom is -0.391 e. The van der Waals surface area contributed by atoms with Crippen LogP contribution in [-0.2, 0) is 16.2 Å². The van der Waals surface area contributed by atoms with Crippen LogP contribution in [0.2, 0.25) is 0 Å². The summed E-state index contributed by atoms with van der Waals surface area (Å²) in [5, 5.41) is 3.83. The zero-order valence-corrected chi connectivity index (χ0v) is 10.8. The number of carbonyl (C=O) groups excluding carboxylic acids is 1. The van der Waals surface area contributed by atoms with Gasteiger partial charge < -0.3 is 10.6 Å². The Morgan fingerprint density at radius 2 is 2.00 bits per heavy atom. The Morgan fingerprint density at radius 3 is 2.61 bits per heavy atom. The van der Waals surface area contributed by atoms with Gasteiger partial charge in [0, 0.05) is 0 Å². The first-order valence-corrected chi connectivity index (χ1v) is 6.26. The van der Waals surface area contributed by atoms with E-state index in [1.165, 1.54) is 0 Å². The van der Waals surface area contributed by atoms with Crippen molar-refractivity contribution in [2.75, 3.05) is 0 Å². The van der Waals surface area contributed by atoms with Gasteiger partial charge >= 0.3 is 0 Å². The molecule has 0 aliphatic heterocycles. The lowest BCUT2D eigenvalue weighted by molar-refractivity contribution is -0.112. The number of nitrogens with zero attached hydrogens (tertiary/aromatic N) is 1. The number of benzene rings is 1. The van der Waals surface area contributed by atoms with Gasteiger partial charge in [-0.2, -0.15) is 0 Å². The summed E-state index contributed by atoms with van der Waals surface area (Å²) in [4.78, 5) is 16.3. The molecule has 2 N–H and O–H groups in total. The molecule has 0 bridgehead atoms. The highest BCUT2D eigenvalue weighted by atomic mass is 16.6. The largest absolute Gasteiger partial charge is 0.391 e. The van der Waals surface area contributed by atoms with E-state index in [-0.39, 0.29) is 0 Å². The summed E-state index contributed by atoms with van der Waals surface area (Å²) >= 11 is 0. The quantitative estimate of drug-likeness (QED) is 0.436. The van der Waals surface area contributed by atoms with E-state index in [9.17, 15) is 4.79 Å². The summed E-state index contributed by atoms with van der Waals surface area (Å²) in [7, 11) is 0. The van der Waals surface area contributed by atoms with Gasteiger partial charge in [-0.15, -0.1) is 0 Å². The van der Waals surface area contributed by atoms with E-state index in [1.54, 1.807) is 0 Å². The maximum Gasteiger partial charge on any atom is 0.266 e. The molecule has 0 heterocycles. The molecular formula is C14H20N2O2. The van der Waals surface area contributed by atoms with E-state index in [0.717, 1.165) is 24.8 Å². The molecule has 0 radical (unpaired) electrons. The highest BCUT2D eigenvalue weighted by molar-refractivity contribution is 6.38. The Hall–Kier alpha value is -1.84. The first kappa shape index (κ1) is 14.2. The number of oxime groups is 1. The molecule has 4 nitrogen and oxygen atoms in total. The van der Waals surface area contributed by atoms with Crippen molar-refractivity contribution in [1.82, 2.24) is 0 Å². The molecule has 0 saturated heterocycles. The predicted molar refractivity (Wildman–Crippen MR) is 72.0 cm³/mol. The lowest BCUT2D eigenvalue weighted by atomic mass is 10.1. The summed E-state index contributed by atoms with van der Waals surface area (Å²) < 4.78 is 0. The van der Waals surface area contributed by atoms with Gasteiger partial charge in [0.05, 0.1) is 0 Å². The van der Waals surface area contributed by atoms with Crippen molar-refractivity contribution < 1.29 is 9.63 Å². The van der Waals surface area contributed by atoms with E-state index in [1.807, 2.05) is 30.3 Å². The SMILES string of the molecule is CCCCC/C(=N/OCc1ccccc1)C(N)=O. The molecular weight excluding hydrogens is 228 g/mol. The van der Waals surface area contributed by atoms with Crippen molar-refractivity contribution >= 4 is 11.6 Å². The van der Waals surface area contributed by atoms with Crippen LogP contribution < -0.4 is 5.73 Å². The van der Waals surface area contributed by atoms with Crippen molar-refractivity contribution in [3.8, 4) is 0 Å². The molecule has 1 amide bonds. The zero-order chi connectivity index (χ0) is 13.2. The number of amides is 1. The van der Waals surface area contributed by atoms with Crippen LogP contribution in [0.15, 0.2) is 35.5 Å². The Kier molecular flexibility index (Phi) is 6.54. The number of hydrogen-bond donors (Lipinski definition) is 1. The number of rotatable bonds is 8. The molecule has 18 heavy (non-hydrogen) atoms. The summed E-state index contributed by atoms with van der Waals surface area (Å²) in [5.41, 5.74) is 6.58. The van der Waals surface area contributed by atoms with Gasteiger partial charge in [0.2, 0.25) is 0 Å². The summed E-state index contributed by atoms with van der Waals surface area (Å²) in [6.07, 6.45) is 3.65. The fourth-order valence-corrected chi connectivity index (χ4v) is 1.52. The lowest BCUT2D eigenvalue weighted by Gasteiger charge is -2.03. The molecule has 0 atom stereocenters. The highest BCUT2D eigenvalue weighted by Gasteiger charge is 2.07. The smallest absolute Gasteiger partial charge is 0.266 e. The van der Waals surface area contributed by atoms with Gasteiger partial charge in [0.1, 0.15) is 12.3 Å². The van der Waals surface area contributed by atoms with E-state index >= 15 is 0 Å². The normalized spacial score (nSPS) is 11.3. The van der Waals surface area contributed by atoms with Crippen molar-refractivity contribution in [1.29, 1.82) is 0 Å². The van der Waals surface area contributed by atoms with Crippen LogP contribution in [0.25, 0.3) is 0 Å². The Morgan fingerprint density at radius 1 is 1.28 bits per heavy atom. The second-order valence-electron chi connectivity index (χ2n) is 4.12. The lowest BCUT2D eigenvalue weighted by Crippen LogP contribution is -2.23. The van der Waals surface area contributed by atoms with E-state index < -0.39 is 5.91 Å². The fourth-order valence-electron chi connectivity index (χ4n) is 1.52. The van der Waals surface area contributed by atoms with Crippen LogP contribution in [0.5, 0.6) is 0 Å². The topological polar surface area (TPSA) is 64.7 Å². The predicted octanol–water partition coefficient (Wildman–Crippen LogP) is 2.62. The minimum absolute atomic E-state index is 0.319. The first-order chi connectivity index (χ1) is 8.74. The molecule has 0 aromatic heterocycles. The van der Waals surface area contributed by atoms with Crippen molar-refractivity contribution in [3.63, 3.8) is 0 Å². The maximum atomic E-state index is 11.1. The van der Waals surface area contributed by atoms with Crippen LogP contribution >= 0.6 is 0 Å². The average Bonchev–Trinajstić information content (AvgIpc) is 2.38. The molecule has 4 heteroatoms. The van der Waals surface area contributed by atoms with Crippen molar-refractivity contribution in [2.45, 2.75) is 39.2 Å². The van der Waals surface area contributed by atoms with Crippen LogP contribution in [0, 0.1) is 0 Å². The zero-order valence-electron chi connectivity index (χ0n) is 10.8. The summed E-state index contributed by atoms with van der Waals surface area (Å²) in [5.74, 6) is -0.501. The second kappa shape index (κ2) is 8.28. The molecule has 0 aliphatic rings. The second-order valence-corrected chi connectivity index (χ2v) is 4.12. The van der Waals surface area contributed by atoms with Gasteiger partial charge in [-0.1, -0.05) is 55.3 Å². The number of primary amides is 1. The molecule has 0 fully saturated rings. The monoisotopic (exact) mass is 248 g/mol. The molecule has 1 rings (SSSR count). The van der Waals surface area contributed by atoms with Gasteiger partial charge in [0.25, 0.3) is 5.91 Å². The summed E-state index contributed by atoms with van der Waals surface area (Å²) in [6.45, 7) is 2.46. The van der Waals surface area contributed by atoms with E-state index in [2.05, 4.69) is 12.1 Å². The van der Waals surface area contributed by atoms with E-state index in [0.29, 0.717) is 18.7 Å². The first-order valence-electron chi connectivity index (χ1n) is 6.26. The van der Waals surface area contributed by atoms with Crippen molar-refractivity contribution in [2.24, 2.45) is 10.9 Å². The third-order valence-corrected chi connectivity index (χ3v) is 2.55. The average molecular weight is 248 g/mol. The van der Waals surface area contributed by atoms with E-state index in [4.69, 9.17) is 10.6 Å². The number of unbranched alkanes of at least 4 members (excludes halogenated alkanes) is 2. The molecule has 0 aliphatic carbocycles. The van der Waals surface area contributed by atoms with Crippen LogP contribution in [-0.4, -0.2) is 11.6 Å².